The van der Waals surface area contributed by atoms with Crippen molar-refractivity contribution in [2.75, 3.05) is 0 Å². The van der Waals surface area contributed by atoms with E-state index in [-0.39, 0.29) is 0 Å². The van der Waals surface area contributed by atoms with Crippen LogP contribution in [0, 0.1) is 0 Å². The molecule has 0 unspecified atom stereocenters. The maximum atomic E-state index is 4.71. The second-order valence-electron chi connectivity index (χ2n) is 5.40. The molecular formula is C19H16N4. The van der Waals surface area contributed by atoms with Gasteiger partial charge in [0.05, 0.1) is 23.1 Å². The molecule has 4 heteroatoms. The molecule has 4 aromatic rings. The molecule has 0 aliphatic heterocycles. The number of benzene rings is 1. The molecule has 4 nitrogen and oxygen atoms in total. The Kier molecular flexibility index (Phi) is 3.35. The third kappa shape index (κ3) is 2.38. The van der Waals surface area contributed by atoms with E-state index in [1.807, 2.05) is 54.9 Å². The Labute approximate surface area is 134 Å². The lowest BCUT2D eigenvalue weighted by atomic mass is 10.0. The molecule has 1 aromatic carbocycles. The van der Waals surface area contributed by atoms with E-state index in [2.05, 4.69) is 28.2 Å². The average Bonchev–Trinajstić information content (AvgIpc) is 3.11. The molecule has 0 spiro atoms. The molecule has 0 aliphatic carbocycles. The number of aromatic amines is 1. The summed E-state index contributed by atoms with van der Waals surface area (Å²) in [4.78, 5) is 9.15. The van der Waals surface area contributed by atoms with Crippen molar-refractivity contribution in [2.45, 2.75) is 13.3 Å². The summed E-state index contributed by atoms with van der Waals surface area (Å²) in [7, 11) is 0. The largest absolute Gasteiger partial charge is 0.276 e. The Balaban J connectivity index is 1.92. The van der Waals surface area contributed by atoms with Gasteiger partial charge in [-0.3, -0.25) is 15.1 Å². The van der Waals surface area contributed by atoms with Gasteiger partial charge in [-0.05, 0) is 36.2 Å². The third-order valence-electron chi connectivity index (χ3n) is 4.00. The van der Waals surface area contributed by atoms with Gasteiger partial charge in [0.25, 0.3) is 0 Å². The number of aryl methyl sites for hydroxylation is 1. The number of rotatable bonds is 3. The van der Waals surface area contributed by atoms with Crippen LogP contribution in [-0.2, 0) is 6.42 Å². The molecule has 0 saturated carbocycles. The predicted molar refractivity (Wildman–Crippen MR) is 91.9 cm³/mol. The van der Waals surface area contributed by atoms with Gasteiger partial charge < -0.3 is 0 Å². The van der Waals surface area contributed by atoms with Crippen molar-refractivity contribution in [3.8, 4) is 22.5 Å². The van der Waals surface area contributed by atoms with E-state index in [0.717, 1.165) is 45.5 Å². The van der Waals surface area contributed by atoms with E-state index < -0.39 is 0 Å². The number of fused-ring (bicyclic) bond motifs is 1. The normalized spacial score (nSPS) is 11.0. The van der Waals surface area contributed by atoms with E-state index in [1.54, 1.807) is 0 Å². The van der Waals surface area contributed by atoms with Crippen molar-refractivity contribution in [1.29, 1.82) is 0 Å². The van der Waals surface area contributed by atoms with Gasteiger partial charge in [0.2, 0.25) is 0 Å². The van der Waals surface area contributed by atoms with Crippen LogP contribution in [0.4, 0.5) is 0 Å². The third-order valence-corrected chi connectivity index (χ3v) is 4.00. The van der Waals surface area contributed by atoms with Crippen LogP contribution in [-0.4, -0.2) is 20.2 Å². The smallest absolute Gasteiger partial charge is 0.0913 e. The zero-order valence-corrected chi connectivity index (χ0v) is 12.8. The Morgan fingerprint density at radius 1 is 0.957 bits per heavy atom. The van der Waals surface area contributed by atoms with Crippen molar-refractivity contribution in [1.82, 2.24) is 20.2 Å². The summed E-state index contributed by atoms with van der Waals surface area (Å²) < 4.78 is 0. The number of pyridine rings is 2. The number of nitrogens with one attached hydrogen (secondary N) is 1. The molecule has 3 aromatic heterocycles. The van der Waals surface area contributed by atoms with Crippen molar-refractivity contribution < 1.29 is 0 Å². The molecule has 0 fully saturated rings. The van der Waals surface area contributed by atoms with Crippen LogP contribution >= 0.6 is 0 Å². The van der Waals surface area contributed by atoms with Crippen LogP contribution in [0.5, 0.6) is 0 Å². The number of aromatic nitrogens is 4. The van der Waals surface area contributed by atoms with Gasteiger partial charge in [0.1, 0.15) is 0 Å². The predicted octanol–water partition coefficient (Wildman–Crippen LogP) is 4.25. The highest BCUT2D eigenvalue weighted by Crippen LogP contribution is 2.33. The van der Waals surface area contributed by atoms with Crippen LogP contribution < -0.4 is 0 Å². The van der Waals surface area contributed by atoms with Gasteiger partial charge in [0.15, 0.2) is 0 Å². The molecule has 3 heterocycles. The zero-order valence-electron chi connectivity index (χ0n) is 12.8. The highest BCUT2D eigenvalue weighted by atomic mass is 15.1. The average molecular weight is 300 g/mol. The highest BCUT2D eigenvalue weighted by molar-refractivity contribution is 5.97. The van der Waals surface area contributed by atoms with E-state index in [4.69, 9.17) is 4.98 Å². The maximum Gasteiger partial charge on any atom is 0.0913 e. The van der Waals surface area contributed by atoms with Gasteiger partial charge in [0, 0.05) is 22.8 Å². The van der Waals surface area contributed by atoms with Crippen molar-refractivity contribution in [3.63, 3.8) is 0 Å². The standard InChI is InChI=1S/C19H16N4/c1-2-13-6-5-9-18(22-13)19-16(12-21-23-19)14-10-11-20-17-8-4-3-7-15(14)17/h3-12H,2H2,1H3,(H,21,23). The summed E-state index contributed by atoms with van der Waals surface area (Å²) in [5.41, 5.74) is 6.07. The van der Waals surface area contributed by atoms with Crippen LogP contribution in [0.1, 0.15) is 12.6 Å². The number of para-hydroxylation sites is 1. The number of H-pyrrole nitrogens is 1. The van der Waals surface area contributed by atoms with Gasteiger partial charge in [-0.2, -0.15) is 5.10 Å². The first-order valence-corrected chi connectivity index (χ1v) is 7.70. The Hall–Kier alpha value is -3.01. The Morgan fingerprint density at radius 2 is 1.87 bits per heavy atom. The Bertz CT molecular complexity index is 966. The lowest BCUT2D eigenvalue weighted by Crippen LogP contribution is -1.92. The van der Waals surface area contributed by atoms with Crippen molar-refractivity contribution >= 4 is 10.9 Å². The molecule has 112 valence electrons. The molecule has 0 bridgehead atoms. The second kappa shape index (κ2) is 5.65. The molecule has 1 N–H and O–H groups in total. The van der Waals surface area contributed by atoms with Gasteiger partial charge >= 0.3 is 0 Å². The first-order chi connectivity index (χ1) is 11.4. The van der Waals surface area contributed by atoms with Gasteiger partial charge in [-0.1, -0.05) is 31.2 Å². The SMILES string of the molecule is CCc1cccc(-c2[nH]ncc2-c2ccnc3ccccc23)n1. The molecule has 0 saturated heterocycles. The zero-order chi connectivity index (χ0) is 15.6. The summed E-state index contributed by atoms with van der Waals surface area (Å²) in [6, 6.07) is 16.3. The van der Waals surface area contributed by atoms with Crippen molar-refractivity contribution in [2.24, 2.45) is 0 Å². The molecule has 4 rings (SSSR count). The first kappa shape index (κ1) is 13.6. The minimum Gasteiger partial charge on any atom is -0.276 e. The molecule has 0 amide bonds. The maximum absolute atomic E-state index is 4.71. The fourth-order valence-corrected chi connectivity index (χ4v) is 2.83. The van der Waals surface area contributed by atoms with E-state index >= 15 is 0 Å². The van der Waals surface area contributed by atoms with Crippen LogP contribution in [0.2, 0.25) is 0 Å². The quantitative estimate of drug-likeness (QED) is 0.615. The topological polar surface area (TPSA) is 54.5 Å². The lowest BCUT2D eigenvalue weighted by molar-refractivity contribution is 1.03. The monoisotopic (exact) mass is 300 g/mol. The van der Waals surface area contributed by atoms with Gasteiger partial charge in [-0.25, -0.2) is 0 Å². The highest BCUT2D eigenvalue weighted by Gasteiger charge is 2.13. The van der Waals surface area contributed by atoms with Gasteiger partial charge in [-0.15, -0.1) is 0 Å². The fourth-order valence-electron chi connectivity index (χ4n) is 2.83. The summed E-state index contributed by atoms with van der Waals surface area (Å²) in [5, 5.41) is 8.47. The summed E-state index contributed by atoms with van der Waals surface area (Å²) in [5.74, 6) is 0. The summed E-state index contributed by atoms with van der Waals surface area (Å²) in [6.45, 7) is 2.11. The second-order valence-corrected chi connectivity index (χ2v) is 5.40. The van der Waals surface area contributed by atoms with Crippen LogP contribution in [0.15, 0.2) is 60.9 Å². The Morgan fingerprint density at radius 3 is 2.78 bits per heavy atom. The number of nitrogens with zero attached hydrogens (tertiary/aromatic N) is 3. The minimum absolute atomic E-state index is 0.912. The van der Waals surface area contributed by atoms with E-state index in [9.17, 15) is 0 Å². The van der Waals surface area contributed by atoms with Crippen molar-refractivity contribution in [3.05, 3.63) is 66.6 Å². The molecular weight excluding hydrogens is 284 g/mol. The molecule has 0 radical (unpaired) electrons. The van der Waals surface area contributed by atoms with E-state index in [1.165, 1.54) is 0 Å². The summed E-state index contributed by atoms with van der Waals surface area (Å²) in [6.07, 6.45) is 4.61. The van der Waals surface area contributed by atoms with E-state index in [0.29, 0.717) is 0 Å². The number of hydrogen-bond acceptors (Lipinski definition) is 3. The summed E-state index contributed by atoms with van der Waals surface area (Å²) >= 11 is 0. The molecule has 0 atom stereocenters. The molecule has 0 aliphatic rings. The van der Waals surface area contributed by atoms with Crippen LogP contribution in [0.3, 0.4) is 0 Å². The molecule has 23 heavy (non-hydrogen) atoms. The first-order valence-electron chi connectivity index (χ1n) is 7.70. The number of hydrogen-bond donors (Lipinski definition) is 1. The fraction of sp³-hybridized carbons (Fsp3) is 0.105. The minimum atomic E-state index is 0.912. The van der Waals surface area contributed by atoms with Crippen LogP contribution in [0.25, 0.3) is 33.4 Å². The lowest BCUT2D eigenvalue weighted by Gasteiger charge is -2.07.